The van der Waals surface area contributed by atoms with Crippen LogP contribution in [0.3, 0.4) is 0 Å². The minimum atomic E-state index is -0.322. The van der Waals surface area contributed by atoms with Gasteiger partial charge in [0.1, 0.15) is 23.9 Å². The van der Waals surface area contributed by atoms with E-state index in [9.17, 15) is 9.59 Å². The molecular weight excluding hydrogens is 492 g/mol. The molecule has 0 saturated heterocycles. The van der Waals surface area contributed by atoms with Gasteiger partial charge in [-0.2, -0.15) is 5.10 Å². The SMILES string of the molecule is CCCN(CC(=O)Nc1c(-c2ccccc2)c(C)nn1-c1ccc(C)cc1)C(=O)c1cc(OC)cc(OC)c1. The Kier molecular flexibility index (Phi) is 8.66. The maximum absolute atomic E-state index is 13.5. The van der Waals surface area contributed by atoms with Crippen molar-refractivity contribution >= 4 is 17.6 Å². The number of nitrogens with one attached hydrogen (secondary N) is 1. The molecule has 2 amide bonds. The van der Waals surface area contributed by atoms with Crippen LogP contribution in [0.25, 0.3) is 16.8 Å². The molecule has 1 N–H and O–H groups in total. The molecule has 0 aliphatic heterocycles. The van der Waals surface area contributed by atoms with E-state index in [2.05, 4.69) is 5.32 Å². The first-order valence-corrected chi connectivity index (χ1v) is 12.9. The van der Waals surface area contributed by atoms with Crippen molar-refractivity contribution in [1.82, 2.24) is 14.7 Å². The van der Waals surface area contributed by atoms with E-state index in [1.54, 1.807) is 22.9 Å². The maximum atomic E-state index is 13.5. The summed E-state index contributed by atoms with van der Waals surface area (Å²) >= 11 is 0. The Morgan fingerprint density at radius 3 is 2.15 bits per heavy atom. The number of hydrogen-bond acceptors (Lipinski definition) is 5. The summed E-state index contributed by atoms with van der Waals surface area (Å²) < 4.78 is 12.4. The number of aromatic nitrogens is 2. The summed E-state index contributed by atoms with van der Waals surface area (Å²) in [6, 6.07) is 22.8. The number of carbonyl (C=O) groups is 2. The Morgan fingerprint density at radius 1 is 0.923 bits per heavy atom. The van der Waals surface area contributed by atoms with Crippen LogP contribution in [-0.2, 0) is 4.79 Å². The van der Waals surface area contributed by atoms with Gasteiger partial charge in [0.15, 0.2) is 0 Å². The van der Waals surface area contributed by atoms with Crippen LogP contribution in [-0.4, -0.2) is 53.8 Å². The molecule has 0 unspecified atom stereocenters. The van der Waals surface area contributed by atoms with Gasteiger partial charge in [-0.3, -0.25) is 9.59 Å². The molecule has 0 aliphatic carbocycles. The molecule has 4 aromatic rings. The largest absolute Gasteiger partial charge is 0.497 e. The van der Waals surface area contributed by atoms with E-state index in [1.165, 1.54) is 19.1 Å². The molecule has 4 rings (SSSR count). The van der Waals surface area contributed by atoms with Crippen molar-refractivity contribution in [3.8, 4) is 28.3 Å². The highest BCUT2D eigenvalue weighted by Crippen LogP contribution is 2.33. The summed E-state index contributed by atoms with van der Waals surface area (Å²) in [4.78, 5) is 28.5. The van der Waals surface area contributed by atoms with Gasteiger partial charge in [-0.05, 0) is 50.1 Å². The molecule has 0 spiro atoms. The zero-order valence-corrected chi connectivity index (χ0v) is 23.0. The highest BCUT2D eigenvalue weighted by atomic mass is 16.5. The highest BCUT2D eigenvalue weighted by Gasteiger charge is 2.24. The van der Waals surface area contributed by atoms with Gasteiger partial charge in [0.2, 0.25) is 5.91 Å². The molecule has 202 valence electrons. The van der Waals surface area contributed by atoms with E-state index in [0.717, 1.165) is 28.1 Å². The molecule has 0 radical (unpaired) electrons. The number of hydrogen-bond donors (Lipinski definition) is 1. The third-order valence-corrected chi connectivity index (χ3v) is 6.37. The quantitative estimate of drug-likeness (QED) is 0.288. The molecule has 0 fully saturated rings. The van der Waals surface area contributed by atoms with E-state index in [1.807, 2.05) is 75.4 Å². The molecule has 0 bridgehead atoms. The Balaban J connectivity index is 1.67. The van der Waals surface area contributed by atoms with Gasteiger partial charge in [0.05, 0.1) is 25.6 Å². The molecule has 39 heavy (non-hydrogen) atoms. The molecule has 3 aromatic carbocycles. The standard InChI is InChI=1S/C31H34N4O4/c1-6-16-34(31(37)24-17-26(38-4)19-27(18-24)39-5)20-28(36)32-30-29(23-10-8-7-9-11-23)22(3)33-35(30)25-14-12-21(2)13-15-25/h7-15,17-19H,6,16,20H2,1-5H3,(H,32,36). The number of methoxy groups -OCH3 is 2. The van der Waals surface area contributed by atoms with Crippen LogP contribution in [0.4, 0.5) is 5.82 Å². The second-order valence-electron chi connectivity index (χ2n) is 9.30. The summed E-state index contributed by atoms with van der Waals surface area (Å²) in [6.07, 6.45) is 0.690. The Labute approximate surface area is 229 Å². The molecule has 0 atom stereocenters. The average Bonchev–Trinajstić information content (AvgIpc) is 3.27. The van der Waals surface area contributed by atoms with Crippen molar-refractivity contribution in [2.75, 3.05) is 32.6 Å². The van der Waals surface area contributed by atoms with Crippen LogP contribution in [0.15, 0.2) is 72.8 Å². The third-order valence-electron chi connectivity index (χ3n) is 6.37. The highest BCUT2D eigenvalue weighted by molar-refractivity contribution is 6.01. The summed E-state index contributed by atoms with van der Waals surface area (Å²) in [5.74, 6) is 0.958. The number of nitrogens with zero attached hydrogens (tertiary/aromatic N) is 3. The topological polar surface area (TPSA) is 85.7 Å². The molecule has 1 heterocycles. The zero-order chi connectivity index (χ0) is 27.9. The van der Waals surface area contributed by atoms with Crippen molar-refractivity contribution in [3.05, 3.63) is 89.6 Å². The second kappa shape index (κ2) is 12.3. The zero-order valence-electron chi connectivity index (χ0n) is 23.0. The van der Waals surface area contributed by atoms with E-state index in [0.29, 0.717) is 35.8 Å². The van der Waals surface area contributed by atoms with Gasteiger partial charge in [-0.25, -0.2) is 4.68 Å². The Bertz CT molecular complexity index is 1420. The fourth-order valence-electron chi connectivity index (χ4n) is 4.45. The molecule has 1 aromatic heterocycles. The van der Waals surface area contributed by atoms with Crippen LogP contribution in [0.5, 0.6) is 11.5 Å². The number of benzene rings is 3. The number of anilines is 1. The predicted octanol–water partition coefficient (Wildman–Crippen LogP) is 5.66. The van der Waals surface area contributed by atoms with Crippen LogP contribution in [0.2, 0.25) is 0 Å². The van der Waals surface area contributed by atoms with Crippen molar-refractivity contribution in [3.63, 3.8) is 0 Å². The van der Waals surface area contributed by atoms with E-state index < -0.39 is 0 Å². The summed E-state index contributed by atoms with van der Waals surface area (Å²) in [7, 11) is 3.06. The normalized spacial score (nSPS) is 10.7. The van der Waals surface area contributed by atoms with Gasteiger partial charge in [-0.15, -0.1) is 0 Å². The van der Waals surface area contributed by atoms with Crippen molar-refractivity contribution in [2.45, 2.75) is 27.2 Å². The lowest BCUT2D eigenvalue weighted by Gasteiger charge is -2.22. The van der Waals surface area contributed by atoms with Crippen molar-refractivity contribution < 1.29 is 19.1 Å². The fourth-order valence-corrected chi connectivity index (χ4v) is 4.45. The number of rotatable bonds is 10. The first-order valence-electron chi connectivity index (χ1n) is 12.9. The summed E-state index contributed by atoms with van der Waals surface area (Å²) in [6.45, 7) is 6.19. The van der Waals surface area contributed by atoms with Gasteiger partial charge in [0, 0.05) is 23.7 Å². The number of aryl methyl sites for hydroxylation is 2. The van der Waals surface area contributed by atoms with E-state index in [-0.39, 0.29) is 18.4 Å². The second-order valence-corrected chi connectivity index (χ2v) is 9.30. The minimum Gasteiger partial charge on any atom is -0.497 e. The molecule has 8 heteroatoms. The summed E-state index contributed by atoms with van der Waals surface area (Å²) in [5.41, 5.74) is 4.88. The lowest BCUT2D eigenvalue weighted by Crippen LogP contribution is -2.38. The van der Waals surface area contributed by atoms with Crippen LogP contribution < -0.4 is 14.8 Å². The molecule has 8 nitrogen and oxygen atoms in total. The first kappa shape index (κ1) is 27.4. The molecule has 0 aliphatic rings. The maximum Gasteiger partial charge on any atom is 0.254 e. The number of carbonyl (C=O) groups excluding carboxylic acids is 2. The minimum absolute atomic E-state index is 0.126. The Hall–Kier alpha value is -4.59. The average molecular weight is 527 g/mol. The van der Waals surface area contributed by atoms with Gasteiger partial charge < -0.3 is 19.7 Å². The number of amides is 2. The van der Waals surface area contributed by atoms with E-state index in [4.69, 9.17) is 14.6 Å². The fraction of sp³-hybridized carbons (Fsp3) is 0.258. The van der Waals surface area contributed by atoms with Gasteiger partial charge >= 0.3 is 0 Å². The first-order chi connectivity index (χ1) is 18.8. The lowest BCUT2D eigenvalue weighted by molar-refractivity contribution is -0.116. The summed E-state index contributed by atoms with van der Waals surface area (Å²) in [5, 5.41) is 7.84. The number of ether oxygens (including phenoxy) is 2. The molecular formula is C31H34N4O4. The lowest BCUT2D eigenvalue weighted by atomic mass is 10.1. The van der Waals surface area contributed by atoms with Crippen LogP contribution in [0, 0.1) is 13.8 Å². The van der Waals surface area contributed by atoms with Crippen LogP contribution in [0.1, 0.15) is 35.0 Å². The monoisotopic (exact) mass is 526 g/mol. The van der Waals surface area contributed by atoms with Crippen LogP contribution >= 0.6 is 0 Å². The Morgan fingerprint density at radius 2 is 1.56 bits per heavy atom. The van der Waals surface area contributed by atoms with Crippen molar-refractivity contribution in [2.24, 2.45) is 0 Å². The smallest absolute Gasteiger partial charge is 0.254 e. The predicted molar refractivity (Wildman–Crippen MR) is 153 cm³/mol. The third kappa shape index (κ3) is 6.29. The van der Waals surface area contributed by atoms with E-state index >= 15 is 0 Å². The van der Waals surface area contributed by atoms with Crippen molar-refractivity contribution in [1.29, 1.82) is 0 Å². The van der Waals surface area contributed by atoms with Gasteiger partial charge in [-0.1, -0.05) is 55.0 Å². The molecule has 0 saturated carbocycles. The van der Waals surface area contributed by atoms with Gasteiger partial charge in [0.25, 0.3) is 5.91 Å².